The SMILES string of the molecule is Cc1nc(-c2cc(F)c(F)c(O)c2F)sc1C(=O)N(Cc1cccs1)C(C)C. The van der Waals surface area contributed by atoms with Gasteiger partial charge in [-0.2, -0.15) is 4.39 Å². The predicted octanol–water partition coefficient (Wildman–Crippen LogP) is 5.35. The van der Waals surface area contributed by atoms with Crippen LogP contribution >= 0.6 is 22.7 Å². The Kier molecular flexibility index (Phi) is 5.76. The maximum Gasteiger partial charge on any atom is 0.266 e. The van der Waals surface area contributed by atoms with Crippen LogP contribution in [-0.4, -0.2) is 26.9 Å². The van der Waals surface area contributed by atoms with Gasteiger partial charge in [0.1, 0.15) is 9.88 Å². The van der Waals surface area contributed by atoms with Crippen molar-refractivity contribution in [1.29, 1.82) is 0 Å². The lowest BCUT2D eigenvalue weighted by Gasteiger charge is -2.25. The Bertz CT molecular complexity index is 1020. The Hall–Kier alpha value is -2.39. The smallest absolute Gasteiger partial charge is 0.266 e. The summed E-state index contributed by atoms with van der Waals surface area (Å²) in [7, 11) is 0. The van der Waals surface area contributed by atoms with Crippen LogP contribution in [0.2, 0.25) is 0 Å². The normalized spacial score (nSPS) is 11.2. The van der Waals surface area contributed by atoms with Gasteiger partial charge in [-0.3, -0.25) is 4.79 Å². The minimum atomic E-state index is -1.66. The van der Waals surface area contributed by atoms with Gasteiger partial charge in [-0.25, -0.2) is 13.8 Å². The molecule has 0 aliphatic carbocycles. The van der Waals surface area contributed by atoms with Crippen LogP contribution in [0.15, 0.2) is 23.6 Å². The zero-order valence-corrected chi connectivity index (χ0v) is 16.9. The Morgan fingerprint density at radius 2 is 2.00 bits per heavy atom. The molecule has 0 saturated carbocycles. The molecule has 1 N–H and O–H groups in total. The highest BCUT2D eigenvalue weighted by atomic mass is 32.1. The maximum absolute atomic E-state index is 14.2. The van der Waals surface area contributed by atoms with Crippen molar-refractivity contribution in [2.75, 3.05) is 0 Å². The third kappa shape index (κ3) is 3.77. The number of carbonyl (C=O) groups excluding carboxylic acids is 1. The Morgan fingerprint density at radius 1 is 1.29 bits per heavy atom. The van der Waals surface area contributed by atoms with Crippen molar-refractivity contribution < 1.29 is 23.1 Å². The van der Waals surface area contributed by atoms with E-state index in [-0.39, 0.29) is 21.8 Å². The van der Waals surface area contributed by atoms with E-state index in [4.69, 9.17) is 0 Å². The minimum Gasteiger partial charge on any atom is -0.503 e. The number of rotatable bonds is 5. The molecule has 0 unspecified atom stereocenters. The highest BCUT2D eigenvalue weighted by Gasteiger charge is 2.27. The fourth-order valence-electron chi connectivity index (χ4n) is 2.65. The second-order valence-corrected chi connectivity index (χ2v) is 8.45. The Balaban J connectivity index is 1.99. The quantitative estimate of drug-likeness (QED) is 0.560. The number of thiophene rings is 1. The number of hydrogen-bond donors (Lipinski definition) is 1. The lowest BCUT2D eigenvalue weighted by atomic mass is 10.2. The van der Waals surface area contributed by atoms with E-state index in [2.05, 4.69) is 4.98 Å². The van der Waals surface area contributed by atoms with Gasteiger partial charge in [0.15, 0.2) is 17.4 Å². The first kappa shape index (κ1) is 20.3. The lowest BCUT2D eigenvalue weighted by molar-refractivity contribution is 0.0696. The van der Waals surface area contributed by atoms with Crippen molar-refractivity contribution >= 4 is 28.6 Å². The molecule has 148 valence electrons. The van der Waals surface area contributed by atoms with E-state index in [0.29, 0.717) is 18.3 Å². The van der Waals surface area contributed by atoms with Gasteiger partial charge in [0.05, 0.1) is 17.8 Å². The first-order chi connectivity index (χ1) is 13.2. The van der Waals surface area contributed by atoms with Gasteiger partial charge in [0.2, 0.25) is 5.82 Å². The van der Waals surface area contributed by atoms with E-state index in [9.17, 15) is 23.1 Å². The zero-order valence-electron chi connectivity index (χ0n) is 15.3. The fourth-order valence-corrected chi connectivity index (χ4v) is 4.38. The largest absolute Gasteiger partial charge is 0.503 e. The van der Waals surface area contributed by atoms with Crippen molar-refractivity contribution in [1.82, 2.24) is 9.88 Å². The number of phenolic OH excluding ortho intramolecular Hbond substituents is 1. The minimum absolute atomic E-state index is 0.00706. The molecule has 3 rings (SSSR count). The molecule has 0 spiro atoms. The standard InChI is InChI=1S/C19H17F3N2O2S2/c1-9(2)24(8-11-5-4-6-27-11)19(26)17-10(3)23-18(28-17)12-7-13(20)15(22)16(25)14(12)21/h4-7,9,25H,8H2,1-3H3. The molecule has 2 aromatic heterocycles. The summed E-state index contributed by atoms with van der Waals surface area (Å²) in [6.07, 6.45) is 0. The number of aryl methyl sites for hydroxylation is 1. The molecule has 0 aliphatic rings. The molecule has 2 heterocycles. The number of thiazole rings is 1. The summed E-state index contributed by atoms with van der Waals surface area (Å²) in [5.41, 5.74) is -0.0386. The summed E-state index contributed by atoms with van der Waals surface area (Å²) < 4.78 is 41.2. The van der Waals surface area contributed by atoms with Crippen molar-refractivity contribution in [3.63, 3.8) is 0 Å². The van der Waals surface area contributed by atoms with E-state index in [1.54, 1.807) is 11.8 Å². The third-order valence-electron chi connectivity index (χ3n) is 4.14. The monoisotopic (exact) mass is 426 g/mol. The summed E-state index contributed by atoms with van der Waals surface area (Å²) in [5.74, 6) is -6.05. The van der Waals surface area contributed by atoms with Gasteiger partial charge in [-0.15, -0.1) is 22.7 Å². The molecule has 1 aromatic carbocycles. The fraction of sp³-hybridized carbons (Fsp3) is 0.263. The average Bonchev–Trinajstić information content (AvgIpc) is 3.29. The van der Waals surface area contributed by atoms with E-state index < -0.39 is 28.8 Å². The average molecular weight is 426 g/mol. The summed E-state index contributed by atoms with van der Waals surface area (Å²) in [4.78, 5) is 20.2. The molecule has 0 bridgehead atoms. The highest BCUT2D eigenvalue weighted by Crippen LogP contribution is 2.36. The first-order valence-corrected chi connectivity index (χ1v) is 10.1. The number of carbonyl (C=O) groups is 1. The van der Waals surface area contributed by atoms with E-state index in [1.807, 2.05) is 31.4 Å². The second kappa shape index (κ2) is 7.92. The van der Waals surface area contributed by atoms with Gasteiger partial charge >= 0.3 is 0 Å². The van der Waals surface area contributed by atoms with Crippen molar-refractivity contribution in [2.24, 2.45) is 0 Å². The van der Waals surface area contributed by atoms with Gasteiger partial charge < -0.3 is 10.0 Å². The number of halogens is 3. The van der Waals surface area contributed by atoms with Crippen LogP contribution in [0.4, 0.5) is 13.2 Å². The van der Waals surface area contributed by atoms with E-state index in [1.165, 1.54) is 11.3 Å². The predicted molar refractivity (Wildman–Crippen MR) is 103 cm³/mol. The molecular formula is C19H17F3N2O2S2. The van der Waals surface area contributed by atoms with Crippen LogP contribution in [0.5, 0.6) is 5.75 Å². The number of aromatic hydroxyl groups is 1. The highest BCUT2D eigenvalue weighted by molar-refractivity contribution is 7.17. The van der Waals surface area contributed by atoms with E-state index >= 15 is 0 Å². The van der Waals surface area contributed by atoms with Gasteiger partial charge in [0.25, 0.3) is 5.91 Å². The van der Waals surface area contributed by atoms with Crippen molar-refractivity contribution in [3.05, 3.63) is 56.5 Å². The Labute approximate surface area is 167 Å². The molecule has 0 atom stereocenters. The zero-order chi connectivity index (χ0) is 20.6. The molecule has 0 aliphatic heterocycles. The molecule has 4 nitrogen and oxygen atoms in total. The molecule has 28 heavy (non-hydrogen) atoms. The number of benzene rings is 1. The summed E-state index contributed by atoms with van der Waals surface area (Å²) in [6.45, 7) is 5.78. The molecule has 0 saturated heterocycles. The van der Waals surface area contributed by atoms with Crippen LogP contribution in [0, 0.1) is 24.4 Å². The molecular weight excluding hydrogens is 409 g/mol. The number of hydrogen-bond acceptors (Lipinski definition) is 5. The third-order valence-corrected chi connectivity index (χ3v) is 6.18. The van der Waals surface area contributed by atoms with Crippen LogP contribution in [-0.2, 0) is 6.54 Å². The lowest BCUT2D eigenvalue weighted by Crippen LogP contribution is -2.36. The number of nitrogens with zero attached hydrogens (tertiary/aromatic N) is 2. The summed E-state index contributed by atoms with van der Waals surface area (Å²) in [5, 5.41) is 11.3. The summed E-state index contributed by atoms with van der Waals surface area (Å²) in [6, 6.07) is 4.36. The molecule has 0 fully saturated rings. The van der Waals surface area contributed by atoms with Gasteiger partial charge in [0, 0.05) is 10.9 Å². The number of amides is 1. The van der Waals surface area contributed by atoms with Crippen LogP contribution in [0.1, 0.15) is 34.1 Å². The number of phenols is 1. The van der Waals surface area contributed by atoms with Crippen LogP contribution in [0.3, 0.4) is 0 Å². The molecule has 9 heteroatoms. The van der Waals surface area contributed by atoms with Crippen LogP contribution < -0.4 is 0 Å². The van der Waals surface area contributed by atoms with Crippen molar-refractivity contribution in [2.45, 2.75) is 33.4 Å². The molecule has 0 radical (unpaired) electrons. The summed E-state index contributed by atoms with van der Waals surface area (Å²) >= 11 is 2.41. The first-order valence-electron chi connectivity index (χ1n) is 8.38. The molecule has 3 aromatic rings. The van der Waals surface area contributed by atoms with Gasteiger partial charge in [-0.1, -0.05) is 6.07 Å². The maximum atomic E-state index is 14.2. The van der Waals surface area contributed by atoms with Gasteiger partial charge in [-0.05, 0) is 38.3 Å². The molecule has 1 amide bonds. The van der Waals surface area contributed by atoms with Crippen LogP contribution in [0.25, 0.3) is 10.6 Å². The van der Waals surface area contributed by atoms with Crippen molar-refractivity contribution in [3.8, 4) is 16.3 Å². The second-order valence-electron chi connectivity index (χ2n) is 6.42. The topological polar surface area (TPSA) is 53.4 Å². The Morgan fingerprint density at radius 3 is 2.61 bits per heavy atom. The van der Waals surface area contributed by atoms with E-state index in [0.717, 1.165) is 16.2 Å². The number of aromatic nitrogens is 1.